The topological polar surface area (TPSA) is 83.5 Å². The normalized spacial score (nSPS) is 19.0. The number of fused-ring (bicyclic) bond motifs is 1. The fraction of sp³-hybridized carbons (Fsp3) is 0.500. The van der Waals surface area contributed by atoms with Gasteiger partial charge in [-0.15, -0.1) is 0 Å². The summed E-state index contributed by atoms with van der Waals surface area (Å²) in [4.78, 5) is 25.7. The summed E-state index contributed by atoms with van der Waals surface area (Å²) in [5, 5.41) is 0. The third-order valence-corrected chi connectivity index (χ3v) is 4.01. The van der Waals surface area contributed by atoms with Crippen molar-refractivity contribution in [2.75, 3.05) is 33.1 Å². The lowest BCUT2D eigenvalue weighted by atomic mass is 10.2. The van der Waals surface area contributed by atoms with Crippen LogP contribution in [0.4, 0.5) is 4.79 Å². The largest absolute Gasteiger partial charge is 0.460 e. The molecule has 152 valence electrons. The summed E-state index contributed by atoms with van der Waals surface area (Å²) in [6, 6.07) is 5.39. The first-order chi connectivity index (χ1) is 13.3. The highest BCUT2D eigenvalue weighted by Gasteiger charge is 2.28. The van der Waals surface area contributed by atoms with Gasteiger partial charge < -0.3 is 28.6 Å². The zero-order valence-corrected chi connectivity index (χ0v) is 16.3. The van der Waals surface area contributed by atoms with Crippen molar-refractivity contribution in [2.24, 2.45) is 0 Å². The molecule has 2 aliphatic rings. The molecule has 1 unspecified atom stereocenters. The fourth-order valence-electron chi connectivity index (χ4n) is 2.72. The predicted octanol–water partition coefficient (Wildman–Crippen LogP) is 2.61. The summed E-state index contributed by atoms with van der Waals surface area (Å²) in [5.41, 5.74) is 0.239. The summed E-state index contributed by atoms with van der Waals surface area (Å²) in [5.74, 6) is 0.840. The molecule has 0 bridgehead atoms. The summed E-state index contributed by atoms with van der Waals surface area (Å²) in [7, 11) is 0. The highest BCUT2D eigenvalue weighted by Crippen LogP contribution is 2.32. The highest BCUT2D eigenvalue weighted by atomic mass is 16.7. The lowest BCUT2D eigenvalue weighted by Crippen LogP contribution is -2.48. The van der Waals surface area contributed by atoms with Crippen LogP contribution in [0.1, 0.15) is 26.3 Å². The number of nitrogens with zero attached hydrogens (tertiary/aromatic N) is 1. The lowest BCUT2D eigenvalue weighted by Gasteiger charge is -2.33. The molecule has 0 saturated carbocycles. The molecule has 1 aromatic carbocycles. The molecule has 1 saturated heterocycles. The maximum absolute atomic E-state index is 12.1. The SMILES string of the molecule is CC(C)(C)OC(=O)N1CCOC(COC(=O)C=Cc2ccc3c(c2)OCO3)C1. The van der Waals surface area contributed by atoms with E-state index < -0.39 is 17.7 Å². The second-order valence-electron chi connectivity index (χ2n) is 7.50. The van der Waals surface area contributed by atoms with E-state index in [4.69, 9.17) is 23.7 Å². The smallest absolute Gasteiger partial charge is 0.410 e. The third kappa shape index (κ3) is 5.63. The van der Waals surface area contributed by atoms with Gasteiger partial charge in [-0.05, 0) is 44.5 Å². The van der Waals surface area contributed by atoms with Gasteiger partial charge in [0.1, 0.15) is 18.3 Å². The van der Waals surface area contributed by atoms with Crippen LogP contribution in [0.15, 0.2) is 24.3 Å². The van der Waals surface area contributed by atoms with Crippen molar-refractivity contribution in [3.05, 3.63) is 29.8 Å². The molecule has 1 amide bonds. The molecule has 1 atom stereocenters. The van der Waals surface area contributed by atoms with E-state index >= 15 is 0 Å². The van der Waals surface area contributed by atoms with Gasteiger partial charge in [-0.1, -0.05) is 6.07 Å². The average Bonchev–Trinajstić information content (AvgIpc) is 3.11. The van der Waals surface area contributed by atoms with Gasteiger partial charge in [0.2, 0.25) is 6.79 Å². The number of ether oxygens (including phenoxy) is 5. The number of benzene rings is 1. The Morgan fingerprint density at radius 2 is 2.04 bits per heavy atom. The first kappa shape index (κ1) is 20.0. The van der Waals surface area contributed by atoms with Crippen LogP contribution in [-0.4, -0.2) is 61.8 Å². The van der Waals surface area contributed by atoms with Gasteiger partial charge in [-0.3, -0.25) is 0 Å². The van der Waals surface area contributed by atoms with Gasteiger partial charge in [0, 0.05) is 12.6 Å². The molecule has 1 fully saturated rings. The highest BCUT2D eigenvalue weighted by molar-refractivity contribution is 5.87. The molecule has 0 N–H and O–H groups in total. The van der Waals surface area contributed by atoms with Gasteiger partial charge in [0.25, 0.3) is 0 Å². The quantitative estimate of drug-likeness (QED) is 0.576. The van der Waals surface area contributed by atoms with E-state index in [0.29, 0.717) is 31.2 Å². The lowest BCUT2D eigenvalue weighted by molar-refractivity contribution is -0.144. The van der Waals surface area contributed by atoms with Crippen LogP contribution in [0.5, 0.6) is 11.5 Å². The van der Waals surface area contributed by atoms with Crippen LogP contribution < -0.4 is 9.47 Å². The van der Waals surface area contributed by atoms with E-state index in [1.165, 1.54) is 6.08 Å². The molecule has 0 radical (unpaired) electrons. The first-order valence-corrected chi connectivity index (χ1v) is 9.14. The Balaban J connectivity index is 1.45. The number of carbonyl (C=O) groups is 2. The van der Waals surface area contributed by atoms with Crippen molar-refractivity contribution in [1.82, 2.24) is 4.90 Å². The van der Waals surface area contributed by atoms with Crippen molar-refractivity contribution < 1.29 is 33.3 Å². The van der Waals surface area contributed by atoms with Gasteiger partial charge in [0.05, 0.1) is 13.2 Å². The maximum atomic E-state index is 12.1. The molecule has 1 aromatic rings. The number of hydrogen-bond donors (Lipinski definition) is 0. The Labute approximate surface area is 163 Å². The van der Waals surface area contributed by atoms with Crippen molar-refractivity contribution in [3.8, 4) is 11.5 Å². The van der Waals surface area contributed by atoms with Crippen LogP contribution in [-0.2, 0) is 19.0 Å². The van der Waals surface area contributed by atoms with Crippen LogP contribution in [0.25, 0.3) is 6.08 Å². The minimum atomic E-state index is -0.559. The Morgan fingerprint density at radius 1 is 1.25 bits per heavy atom. The maximum Gasteiger partial charge on any atom is 0.410 e. The second-order valence-corrected chi connectivity index (χ2v) is 7.50. The molecule has 0 spiro atoms. The zero-order valence-electron chi connectivity index (χ0n) is 16.3. The van der Waals surface area contributed by atoms with Gasteiger partial charge in [0.15, 0.2) is 11.5 Å². The number of carbonyl (C=O) groups excluding carboxylic acids is 2. The predicted molar refractivity (Wildman–Crippen MR) is 100 cm³/mol. The summed E-state index contributed by atoms with van der Waals surface area (Å²) in [6.07, 6.45) is 2.20. The molecule has 28 heavy (non-hydrogen) atoms. The Kier molecular flexibility index (Phi) is 6.08. The van der Waals surface area contributed by atoms with Crippen LogP contribution in [0, 0.1) is 0 Å². The van der Waals surface area contributed by atoms with Gasteiger partial charge in [-0.25, -0.2) is 9.59 Å². The van der Waals surface area contributed by atoms with E-state index in [0.717, 1.165) is 5.56 Å². The zero-order chi connectivity index (χ0) is 20.1. The number of rotatable bonds is 4. The minimum absolute atomic E-state index is 0.0591. The van der Waals surface area contributed by atoms with E-state index in [9.17, 15) is 9.59 Å². The Morgan fingerprint density at radius 3 is 2.82 bits per heavy atom. The number of amides is 1. The molecule has 8 heteroatoms. The molecule has 0 aromatic heterocycles. The van der Waals surface area contributed by atoms with E-state index in [1.54, 1.807) is 23.1 Å². The number of hydrogen-bond acceptors (Lipinski definition) is 7. The van der Waals surface area contributed by atoms with Crippen LogP contribution in [0.2, 0.25) is 0 Å². The Hall–Kier alpha value is -2.74. The van der Waals surface area contributed by atoms with E-state index in [2.05, 4.69) is 0 Å². The van der Waals surface area contributed by atoms with Crippen LogP contribution >= 0.6 is 0 Å². The average molecular weight is 391 g/mol. The summed E-state index contributed by atoms with van der Waals surface area (Å²) < 4.78 is 26.7. The standard InChI is InChI=1S/C20H25NO7/c1-20(2,3)28-19(23)21-8-9-24-15(11-21)12-25-18(22)7-5-14-4-6-16-17(10-14)27-13-26-16/h4-7,10,15H,8-9,11-13H2,1-3H3. The number of esters is 1. The van der Waals surface area contributed by atoms with Crippen LogP contribution in [0.3, 0.4) is 0 Å². The first-order valence-electron chi connectivity index (χ1n) is 9.14. The van der Waals surface area contributed by atoms with Crippen molar-refractivity contribution in [2.45, 2.75) is 32.5 Å². The van der Waals surface area contributed by atoms with E-state index in [-0.39, 0.29) is 19.5 Å². The number of morpholine rings is 1. The van der Waals surface area contributed by atoms with Crippen molar-refractivity contribution in [1.29, 1.82) is 0 Å². The summed E-state index contributed by atoms with van der Waals surface area (Å²) >= 11 is 0. The van der Waals surface area contributed by atoms with Gasteiger partial charge >= 0.3 is 12.1 Å². The third-order valence-electron chi connectivity index (χ3n) is 4.01. The monoisotopic (exact) mass is 391 g/mol. The second kappa shape index (κ2) is 8.52. The van der Waals surface area contributed by atoms with E-state index in [1.807, 2.05) is 26.8 Å². The molecular formula is C20H25NO7. The Bertz CT molecular complexity index is 753. The van der Waals surface area contributed by atoms with Gasteiger partial charge in [-0.2, -0.15) is 0 Å². The minimum Gasteiger partial charge on any atom is -0.460 e. The fourth-order valence-corrected chi connectivity index (χ4v) is 2.72. The summed E-state index contributed by atoms with van der Waals surface area (Å²) in [6.45, 7) is 6.84. The van der Waals surface area contributed by atoms with Crippen molar-refractivity contribution >= 4 is 18.1 Å². The molecule has 3 rings (SSSR count). The van der Waals surface area contributed by atoms with Crippen molar-refractivity contribution in [3.63, 3.8) is 0 Å². The molecule has 2 heterocycles. The molecular weight excluding hydrogens is 366 g/mol. The molecule has 2 aliphatic heterocycles. The molecule has 8 nitrogen and oxygen atoms in total. The molecule has 0 aliphatic carbocycles.